The average Bonchev–Trinajstić information content (AvgIpc) is 2.68. The standard InChI is InChI=1S/C19H21NO.C5H10O2/c1-2-5-17(6-3-1)15-21-19-8-4-7-18(14-19)13-16-9-11-20-12-10-16;1-5(2,3)7-4-6/h1-8,13-14,20H,9-12,15H2;4H,1-3H3. The Morgan fingerprint density at radius 2 is 1.71 bits per heavy atom. The Morgan fingerprint density at radius 3 is 2.32 bits per heavy atom. The molecule has 1 aliphatic rings. The van der Waals surface area contributed by atoms with E-state index in [9.17, 15) is 4.79 Å². The summed E-state index contributed by atoms with van der Waals surface area (Å²) in [6.07, 6.45) is 4.60. The van der Waals surface area contributed by atoms with Crippen molar-refractivity contribution in [2.24, 2.45) is 0 Å². The van der Waals surface area contributed by atoms with Crippen LogP contribution in [0.2, 0.25) is 0 Å². The number of benzene rings is 2. The van der Waals surface area contributed by atoms with Gasteiger partial charge in [0.2, 0.25) is 0 Å². The minimum absolute atomic E-state index is 0.318. The SMILES string of the molecule is C(=C1CCNCC1)c1cccc(OCc2ccccc2)c1.CC(C)(C)OC=O. The van der Waals surface area contributed by atoms with Gasteiger partial charge in [-0.25, -0.2) is 0 Å². The molecule has 0 aromatic heterocycles. The molecule has 150 valence electrons. The second-order valence-corrected chi connectivity index (χ2v) is 7.73. The Kier molecular flexibility index (Phi) is 8.76. The van der Waals surface area contributed by atoms with Crippen LogP contribution in [-0.2, 0) is 16.1 Å². The lowest BCUT2D eigenvalue weighted by molar-refractivity contribution is -0.138. The van der Waals surface area contributed by atoms with Gasteiger partial charge in [0.25, 0.3) is 6.47 Å². The van der Waals surface area contributed by atoms with Gasteiger partial charge in [0, 0.05) is 0 Å². The number of rotatable bonds is 5. The van der Waals surface area contributed by atoms with E-state index in [4.69, 9.17) is 4.74 Å². The van der Waals surface area contributed by atoms with Gasteiger partial charge in [0.1, 0.15) is 18.0 Å². The summed E-state index contributed by atoms with van der Waals surface area (Å²) in [5, 5.41) is 3.38. The molecule has 0 aliphatic carbocycles. The molecular weight excluding hydrogens is 350 g/mol. The number of hydrogen-bond acceptors (Lipinski definition) is 4. The van der Waals surface area contributed by atoms with Crippen molar-refractivity contribution in [3.05, 3.63) is 71.3 Å². The molecule has 2 aromatic carbocycles. The Labute approximate surface area is 168 Å². The minimum Gasteiger partial charge on any atom is -0.489 e. The molecule has 0 amide bonds. The molecular formula is C24H31NO3. The third-order valence-electron chi connectivity index (χ3n) is 4.12. The predicted molar refractivity (Wildman–Crippen MR) is 114 cm³/mol. The Balaban J connectivity index is 0.000000345. The lowest BCUT2D eigenvalue weighted by atomic mass is 10.0. The van der Waals surface area contributed by atoms with Crippen LogP contribution in [0, 0.1) is 0 Å². The van der Waals surface area contributed by atoms with Crippen molar-refractivity contribution < 1.29 is 14.3 Å². The average molecular weight is 382 g/mol. The van der Waals surface area contributed by atoms with Crippen molar-refractivity contribution in [1.82, 2.24) is 5.32 Å². The molecule has 3 rings (SSSR count). The maximum atomic E-state index is 9.60. The van der Waals surface area contributed by atoms with E-state index >= 15 is 0 Å². The van der Waals surface area contributed by atoms with Crippen LogP contribution < -0.4 is 10.1 Å². The van der Waals surface area contributed by atoms with Crippen LogP contribution in [-0.4, -0.2) is 25.2 Å². The van der Waals surface area contributed by atoms with E-state index in [2.05, 4.69) is 46.5 Å². The molecule has 1 N–H and O–H groups in total. The summed E-state index contributed by atoms with van der Waals surface area (Å²) < 4.78 is 10.4. The van der Waals surface area contributed by atoms with Crippen LogP contribution in [0.15, 0.2) is 60.2 Å². The predicted octanol–water partition coefficient (Wildman–Crippen LogP) is 4.99. The van der Waals surface area contributed by atoms with Crippen molar-refractivity contribution >= 4 is 12.5 Å². The molecule has 2 aromatic rings. The zero-order valence-electron chi connectivity index (χ0n) is 17.1. The third kappa shape index (κ3) is 8.87. The summed E-state index contributed by atoms with van der Waals surface area (Å²) in [4.78, 5) is 9.60. The highest BCUT2D eigenvalue weighted by molar-refractivity contribution is 5.55. The van der Waals surface area contributed by atoms with Crippen LogP contribution >= 0.6 is 0 Å². The second-order valence-electron chi connectivity index (χ2n) is 7.73. The smallest absolute Gasteiger partial charge is 0.293 e. The van der Waals surface area contributed by atoms with Crippen LogP contribution in [0.1, 0.15) is 44.7 Å². The number of carbonyl (C=O) groups is 1. The van der Waals surface area contributed by atoms with E-state index in [1.54, 1.807) is 0 Å². The Bertz CT molecular complexity index is 740. The summed E-state index contributed by atoms with van der Waals surface area (Å²) in [7, 11) is 0. The van der Waals surface area contributed by atoms with Gasteiger partial charge < -0.3 is 14.8 Å². The van der Waals surface area contributed by atoms with E-state index in [1.807, 2.05) is 45.0 Å². The Morgan fingerprint density at radius 1 is 1.00 bits per heavy atom. The fraction of sp³-hybridized carbons (Fsp3) is 0.375. The van der Waals surface area contributed by atoms with Crippen molar-refractivity contribution in [3.8, 4) is 5.75 Å². The van der Waals surface area contributed by atoms with E-state index in [0.29, 0.717) is 13.1 Å². The molecule has 1 heterocycles. The minimum atomic E-state index is -0.318. The van der Waals surface area contributed by atoms with Crippen molar-refractivity contribution in [2.45, 2.75) is 45.8 Å². The first kappa shape index (κ1) is 21.7. The molecule has 0 unspecified atom stereocenters. The number of ether oxygens (including phenoxy) is 2. The maximum Gasteiger partial charge on any atom is 0.293 e. The summed E-state index contributed by atoms with van der Waals surface area (Å²) in [5.74, 6) is 0.933. The first-order chi connectivity index (χ1) is 13.5. The molecule has 0 spiro atoms. The number of piperidine rings is 1. The fourth-order valence-corrected chi connectivity index (χ4v) is 2.71. The summed E-state index contributed by atoms with van der Waals surface area (Å²) in [6.45, 7) is 8.72. The van der Waals surface area contributed by atoms with Gasteiger partial charge in [-0.1, -0.05) is 54.1 Å². The normalized spacial score (nSPS) is 13.8. The quantitative estimate of drug-likeness (QED) is 0.741. The van der Waals surface area contributed by atoms with E-state index in [1.165, 1.54) is 16.7 Å². The largest absolute Gasteiger partial charge is 0.489 e. The molecule has 0 atom stereocenters. The first-order valence-electron chi connectivity index (χ1n) is 9.75. The molecule has 4 heteroatoms. The first-order valence-corrected chi connectivity index (χ1v) is 9.75. The molecule has 0 saturated carbocycles. The third-order valence-corrected chi connectivity index (χ3v) is 4.12. The summed E-state index contributed by atoms with van der Waals surface area (Å²) in [6, 6.07) is 18.6. The molecule has 1 aliphatic heterocycles. The highest BCUT2D eigenvalue weighted by Gasteiger charge is 2.07. The summed E-state index contributed by atoms with van der Waals surface area (Å²) >= 11 is 0. The van der Waals surface area contributed by atoms with Crippen LogP contribution in [0.25, 0.3) is 6.08 Å². The van der Waals surface area contributed by atoms with Gasteiger partial charge in [-0.15, -0.1) is 0 Å². The zero-order chi connectivity index (χ0) is 20.2. The van der Waals surface area contributed by atoms with Crippen LogP contribution in [0.3, 0.4) is 0 Å². The maximum absolute atomic E-state index is 9.60. The molecule has 4 nitrogen and oxygen atoms in total. The highest BCUT2D eigenvalue weighted by atomic mass is 16.5. The van der Waals surface area contributed by atoms with Crippen LogP contribution in [0.4, 0.5) is 0 Å². The molecule has 1 fully saturated rings. The monoisotopic (exact) mass is 381 g/mol. The number of nitrogens with one attached hydrogen (secondary N) is 1. The molecule has 28 heavy (non-hydrogen) atoms. The number of hydrogen-bond donors (Lipinski definition) is 1. The molecule has 1 saturated heterocycles. The molecule has 0 bridgehead atoms. The Hall–Kier alpha value is -2.59. The topological polar surface area (TPSA) is 47.6 Å². The van der Waals surface area contributed by atoms with Crippen molar-refractivity contribution in [2.75, 3.05) is 13.1 Å². The van der Waals surface area contributed by atoms with E-state index in [0.717, 1.165) is 31.7 Å². The van der Waals surface area contributed by atoms with Gasteiger partial charge in [-0.3, -0.25) is 4.79 Å². The highest BCUT2D eigenvalue weighted by Crippen LogP contribution is 2.20. The van der Waals surface area contributed by atoms with E-state index < -0.39 is 0 Å². The summed E-state index contributed by atoms with van der Waals surface area (Å²) in [5.41, 5.74) is 3.63. The zero-order valence-corrected chi connectivity index (χ0v) is 17.1. The number of carbonyl (C=O) groups excluding carboxylic acids is 1. The van der Waals surface area contributed by atoms with Gasteiger partial charge in [-0.2, -0.15) is 0 Å². The lowest BCUT2D eigenvalue weighted by Gasteiger charge is -2.15. The van der Waals surface area contributed by atoms with E-state index in [-0.39, 0.29) is 5.60 Å². The van der Waals surface area contributed by atoms with Crippen molar-refractivity contribution in [1.29, 1.82) is 0 Å². The lowest BCUT2D eigenvalue weighted by Crippen LogP contribution is -2.22. The van der Waals surface area contributed by atoms with Gasteiger partial charge >= 0.3 is 0 Å². The van der Waals surface area contributed by atoms with Crippen molar-refractivity contribution in [3.63, 3.8) is 0 Å². The van der Waals surface area contributed by atoms with Gasteiger partial charge in [-0.05, 0) is 70.0 Å². The van der Waals surface area contributed by atoms with Gasteiger partial charge in [0.05, 0.1) is 0 Å². The van der Waals surface area contributed by atoms with Gasteiger partial charge in [0.15, 0.2) is 0 Å². The fourth-order valence-electron chi connectivity index (χ4n) is 2.71. The molecule has 0 radical (unpaired) electrons. The second kappa shape index (κ2) is 11.3. The van der Waals surface area contributed by atoms with Crippen LogP contribution in [0.5, 0.6) is 5.75 Å².